The molecule has 4 heteroatoms. The highest BCUT2D eigenvalue weighted by Crippen LogP contribution is 2.44. The van der Waals surface area contributed by atoms with Gasteiger partial charge in [-0.25, -0.2) is 0 Å². The molecule has 0 radical (unpaired) electrons. The number of aliphatic hydroxyl groups is 1. The van der Waals surface area contributed by atoms with E-state index in [1.807, 2.05) is 20.8 Å². The Balaban J connectivity index is 2.22. The molecule has 0 bridgehead atoms. The molecule has 0 saturated heterocycles. The van der Waals surface area contributed by atoms with Crippen LogP contribution in [0.1, 0.15) is 53.9 Å². The second-order valence-electron chi connectivity index (χ2n) is 6.93. The summed E-state index contributed by atoms with van der Waals surface area (Å²) in [4.78, 5) is 11.7. The molecule has 1 aliphatic rings. The molecule has 0 aliphatic heterocycles. The molecule has 0 atom stereocenters. The van der Waals surface area contributed by atoms with Crippen LogP contribution in [0.4, 0.5) is 0 Å². The van der Waals surface area contributed by atoms with E-state index in [-0.39, 0.29) is 16.9 Å². The van der Waals surface area contributed by atoms with Gasteiger partial charge in [0.05, 0.1) is 17.8 Å². The van der Waals surface area contributed by atoms with Crippen molar-refractivity contribution in [2.75, 3.05) is 13.2 Å². The number of carbonyl (C=O) groups excluding carboxylic acids is 1. The van der Waals surface area contributed by atoms with Crippen LogP contribution in [0.5, 0.6) is 0 Å². The first-order valence-corrected chi connectivity index (χ1v) is 6.69. The number of hydrogen-bond acceptors (Lipinski definition) is 3. The van der Waals surface area contributed by atoms with Crippen molar-refractivity contribution in [3.63, 3.8) is 0 Å². The van der Waals surface area contributed by atoms with Gasteiger partial charge in [-0.2, -0.15) is 0 Å². The summed E-state index contributed by atoms with van der Waals surface area (Å²) in [5, 5.41) is 12.6. The predicted octanol–water partition coefficient (Wildman–Crippen LogP) is 1.86. The van der Waals surface area contributed by atoms with E-state index in [9.17, 15) is 9.90 Å². The maximum Gasteiger partial charge on any atom is 0.225 e. The van der Waals surface area contributed by atoms with Crippen LogP contribution in [-0.2, 0) is 9.53 Å². The molecule has 2 N–H and O–H groups in total. The van der Waals surface area contributed by atoms with E-state index in [0.717, 1.165) is 19.3 Å². The summed E-state index contributed by atoms with van der Waals surface area (Å²) in [6, 6.07) is 0. The van der Waals surface area contributed by atoms with E-state index in [4.69, 9.17) is 4.74 Å². The topological polar surface area (TPSA) is 58.6 Å². The maximum atomic E-state index is 11.7. The van der Waals surface area contributed by atoms with Gasteiger partial charge in [-0.1, -0.05) is 6.92 Å². The van der Waals surface area contributed by atoms with Crippen LogP contribution in [0.3, 0.4) is 0 Å². The van der Waals surface area contributed by atoms with Crippen LogP contribution >= 0.6 is 0 Å². The number of carbonyl (C=O) groups is 1. The Morgan fingerprint density at radius 1 is 1.33 bits per heavy atom. The summed E-state index contributed by atoms with van der Waals surface area (Å²) < 4.78 is 5.68. The smallest absolute Gasteiger partial charge is 0.225 e. The first-order chi connectivity index (χ1) is 8.04. The van der Waals surface area contributed by atoms with Crippen LogP contribution in [0, 0.1) is 5.41 Å². The number of amides is 1. The van der Waals surface area contributed by atoms with Crippen LogP contribution in [0.15, 0.2) is 0 Å². The lowest BCUT2D eigenvalue weighted by molar-refractivity contribution is -0.126. The van der Waals surface area contributed by atoms with Crippen LogP contribution in [-0.4, -0.2) is 35.4 Å². The molecule has 1 saturated carbocycles. The molecule has 0 unspecified atom stereocenters. The van der Waals surface area contributed by atoms with Gasteiger partial charge in [-0.3, -0.25) is 4.79 Å². The highest BCUT2D eigenvalue weighted by Gasteiger charge is 2.44. The molecular weight excluding hydrogens is 230 g/mol. The Hall–Kier alpha value is -0.610. The maximum absolute atomic E-state index is 11.7. The Labute approximate surface area is 110 Å². The molecule has 1 amide bonds. The number of ether oxygens (including phenoxy) is 1. The summed E-state index contributed by atoms with van der Waals surface area (Å²) in [7, 11) is 0. The monoisotopic (exact) mass is 257 g/mol. The van der Waals surface area contributed by atoms with Gasteiger partial charge in [0.15, 0.2) is 0 Å². The van der Waals surface area contributed by atoms with E-state index in [2.05, 4.69) is 5.32 Å². The molecule has 4 nitrogen and oxygen atoms in total. The minimum atomic E-state index is -0.817. The van der Waals surface area contributed by atoms with Gasteiger partial charge in [0.2, 0.25) is 5.91 Å². The van der Waals surface area contributed by atoms with Crippen molar-refractivity contribution in [1.29, 1.82) is 0 Å². The second kappa shape index (κ2) is 5.17. The lowest BCUT2D eigenvalue weighted by Crippen LogP contribution is -2.38. The number of rotatable bonds is 7. The molecule has 0 aromatic heterocycles. The average molecular weight is 257 g/mol. The van der Waals surface area contributed by atoms with Crippen molar-refractivity contribution in [2.45, 2.75) is 65.1 Å². The highest BCUT2D eigenvalue weighted by molar-refractivity contribution is 5.84. The van der Waals surface area contributed by atoms with Gasteiger partial charge >= 0.3 is 0 Å². The van der Waals surface area contributed by atoms with Gasteiger partial charge in [0, 0.05) is 12.0 Å². The van der Waals surface area contributed by atoms with Gasteiger partial charge in [-0.05, 0) is 47.0 Å². The third-order valence-electron chi connectivity index (χ3n) is 3.38. The zero-order chi connectivity index (χ0) is 14.0. The van der Waals surface area contributed by atoms with Crippen LogP contribution in [0.2, 0.25) is 0 Å². The molecule has 18 heavy (non-hydrogen) atoms. The zero-order valence-electron chi connectivity index (χ0n) is 12.3. The van der Waals surface area contributed by atoms with Crippen LogP contribution in [0.25, 0.3) is 0 Å². The fourth-order valence-corrected chi connectivity index (χ4v) is 1.55. The van der Waals surface area contributed by atoms with Crippen molar-refractivity contribution in [3.8, 4) is 0 Å². The van der Waals surface area contributed by atoms with Crippen molar-refractivity contribution < 1.29 is 14.6 Å². The standard InChI is InChI=1S/C14H27NO3/c1-12(2,17)10-18-13(3,4)8-9-15-11(16)14(5)6-7-14/h17H,6-10H2,1-5H3,(H,15,16). The fourth-order valence-electron chi connectivity index (χ4n) is 1.55. The quantitative estimate of drug-likeness (QED) is 0.732. The van der Waals surface area contributed by atoms with E-state index < -0.39 is 5.60 Å². The van der Waals surface area contributed by atoms with Crippen molar-refractivity contribution in [1.82, 2.24) is 5.32 Å². The zero-order valence-corrected chi connectivity index (χ0v) is 12.3. The Bertz CT molecular complexity index is 301. The van der Waals surface area contributed by atoms with Gasteiger partial charge in [-0.15, -0.1) is 0 Å². The van der Waals surface area contributed by atoms with Gasteiger partial charge in [0.25, 0.3) is 0 Å². The fraction of sp³-hybridized carbons (Fsp3) is 0.929. The molecule has 106 valence electrons. The summed E-state index contributed by atoms with van der Waals surface area (Å²) in [6.45, 7) is 10.3. The van der Waals surface area contributed by atoms with E-state index in [1.165, 1.54) is 0 Å². The molecule has 1 aliphatic carbocycles. The largest absolute Gasteiger partial charge is 0.388 e. The van der Waals surface area contributed by atoms with Gasteiger partial charge in [0.1, 0.15) is 0 Å². The van der Waals surface area contributed by atoms with Crippen LogP contribution < -0.4 is 5.32 Å². The van der Waals surface area contributed by atoms with Crippen molar-refractivity contribution in [3.05, 3.63) is 0 Å². The predicted molar refractivity (Wildman–Crippen MR) is 71.3 cm³/mol. The third-order valence-corrected chi connectivity index (χ3v) is 3.38. The average Bonchev–Trinajstić information content (AvgIpc) is 2.94. The number of hydrogen-bond donors (Lipinski definition) is 2. The molecular formula is C14H27NO3. The minimum absolute atomic E-state index is 0.113. The Kier molecular flexibility index (Phi) is 4.44. The van der Waals surface area contributed by atoms with Crippen molar-refractivity contribution in [2.24, 2.45) is 5.41 Å². The SMILES string of the molecule is CC(C)(O)COC(C)(C)CCNC(=O)C1(C)CC1. The summed E-state index contributed by atoms with van der Waals surface area (Å²) >= 11 is 0. The summed E-state index contributed by atoms with van der Waals surface area (Å²) in [5.41, 5.74) is -1.27. The molecule has 1 fully saturated rings. The van der Waals surface area contributed by atoms with Gasteiger partial charge < -0.3 is 15.2 Å². The molecule has 0 aromatic rings. The summed E-state index contributed by atoms with van der Waals surface area (Å²) in [5.74, 6) is 0.154. The number of nitrogens with one attached hydrogen (secondary N) is 1. The molecule has 0 heterocycles. The normalized spacial score (nSPS) is 18.6. The molecule has 0 spiro atoms. The second-order valence-corrected chi connectivity index (χ2v) is 6.93. The Morgan fingerprint density at radius 3 is 2.33 bits per heavy atom. The van der Waals surface area contributed by atoms with Crippen molar-refractivity contribution >= 4 is 5.91 Å². The lowest BCUT2D eigenvalue weighted by Gasteiger charge is -2.29. The first-order valence-electron chi connectivity index (χ1n) is 6.69. The minimum Gasteiger partial charge on any atom is -0.388 e. The molecule has 1 rings (SSSR count). The molecule has 0 aromatic carbocycles. The Morgan fingerprint density at radius 2 is 1.89 bits per heavy atom. The van der Waals surface area contributed by atoms with E-state index in [1.54, 1.807) is 13.8 Å². The third kappa shape index (κ3) is 5.36. The highest BCUT2D eigenvalue weighted by atomic mass is 16.5. The summed E-state index contributed by atoms with van der Waals surface area (Å²) in [6.07, 6.45) is 2.74. The lowest BCUT2D eigenvalue weighted by atomic mass is 10.0. The first kappa shape index (κ1) is 15.4. The van der Waals surface area contributed by atoms with E-state index in [0.29, 0.717) is 13.2 Å². The van der Waals surface area contributed by atoms with E-state index >= 15 is 0 Å².